The summed E-state index contributed by atoms with van der Waals surface area (Å²) in [7, 11) is 0. The van der Waals surface area contributed by atoms with Crippen LogP contribution in [0.4, 0.5) is 0 Å². The molecule has 24 heavy (non-hydrogen) atoms. The van der Waals surface area contributed by atoms with Crippen LogP contribution < -0.4 is 5.43 Å². The van der Waals surface area contributed by atoms with Gasteiger partial charge in [-0.1, -0.05) is 37.1 Å². The molecule has 124 valence electrons. The van der Waals surface area contributed by atoms with Gasteiger partial charge in [0.25, 0.3) is 0 Å². The van der Waals surface area contributed by atoms with E-state index >= 15 is 0 Å². The van der Waals surface area contributed by atoms with Gasteiger partial charge < -0.3 is 0 Å². The zero-order valence-electron chi connectivity index (χ0n) is 13.6. The highest BCUT2D eigenvalue weighted by molar-refractivity contribution is 6.36. The second-order valence-electron chi connectivity index (χ2n) is 7.07. The SMILES string of the molecule is C/C(=N/NC(=O)C1C2CCCCC21)C1C(=O)c2ccccc2C1=O. The van der Waals surface area contributed by atoms with Crippen LogP contribution in [0, 0.1) is 23.7 Å². The molecule has 5 heteroatoms. The molecule has 2 fully saturated rings. The highest BCUT2D eigenvalue weighted by Gasteiger charge is 2.54. The van der Waals surface area contributed by atoms with E-state index in [-0.39, 0.29) is 23.4 Å². The van der Waals surface area contributed by atoms with Gasteiger partial charge in [-0.2, -0.15) is 5.10 Å². The first-order valence-electron chi connectivity index (χ1n) is 8.61. The predicted molar refractivity (Wildman–Crippen MR) is 88.8 cm³/mol. The molecule has 0 aromatic heterocycles. The Bertz CT molecular complexity index is 721. The summed E-state index contributed by atoms with van der Waals surface area (Å²) in [5, 5.41) is 4.08. The maximum Gasteiger partial charge on any atom is 0.243 e. The molecular weight excluding hydrogens is 304 g/mol. The van der Waals surface area contributed by atoms with Crippen molar-refractivity contribution in [1.82, 2.24) is 5.43 Å². The van der Waals surface area contributed by atoms with E-state index in [1.807, 2.05) is 0 Å². The van der Waals surface area contributed by atoms with Crippen LogP contribution in [0.15, 0.2) is 29.4 Å². The third-order valence-corrected chi connectivity index (χ3v) is 5.70. The van der Waals surface area contributed by atoms with Gasteiger partial charge in [-0.15, -0.1) is 0 Å². The third kappa shape index (κ3) is 2.30. The lowest BCUT2D eigenvalue weighted by molar-refractivity contribution is -0.122. The number of carbonyl (C=O) groups excluding carboxylic acids is 3. The smallest absolute Gasteiger partial charge is 0.243 e. The van der Waals surface area contributed by atoms with Gasteiger partial charge in [0, 0.05) is 17.0 Å². The minimum absolute atomic E-state index is 0.0660. The first-order valence-corrected chi connectivity index (χ1v) is 8.61. The number of carbonyl (C=O) groups is 3. The summed E-state index contributed by atoms with van der Waals surface area (Å²) >= 11 is 0. The molecule has 0 heterocycles. The van der Waals surface area contributed by atoms with Crippen molar-refractivity contribution in [2.45, 2.75) is 32.6 Å². The number of Topliss-reactive ketones (excluding diaryl/α,β-unsaturated/α-hetero) is 2. The van der Waals surface area contributed by atoms with Crippen molar-refractivity contribution >= 4 is 23.2 Å². The van der Waals surface area contributed by atoms with Crippen LogP contribution in [0.3, 0.4) is 0 Å². The number of hydrogen-bond donors (Lipinski definition) is 1. The van der Waals surface area contributed by atoms with E-state index in [9.17, 15) is 14.4 Å². The van der Waals surface area contributed by atoms with Crippen molar-refractivity contribution in [2.24, 2.45) is 28.8 Å². The average Bonchev–Trinajstić information content (AvgIpc) is 3.28. The molecule has 0 radical (unpaired) electrons. The van der Waals surface area contributed by atoms with Crippen molar-refractivity contribution in [2.75, 3.05) is 0 Å². The molecule has 3 aliphatic rings. The van der Waals surface area contributed by atoms with E-state index in [1.165, 1.54) is 12.8 Å². The molecular formula is C19H20N2O3. The van der Waals surface area contributed by atoms with Crippen LogP contribution in [0.25, 0.3) is 0 Å². The number of nitrogens with zero attached hydrogens (tertiary/aromatic N) is 1. The van der Waals surface area contributed by atoms with E-state index in [4.69, 9.17) is 0 Å². The normalized spacial score (nSPS) is 29.2. The van der Waals surface area contributed by atoms with E-state index < -0.39 is 5.92 Å². The summed E-state index contributed by atoms with van der Waals surface area (Å²) in [5.41, 5.74) is 3.84. The average molecular weight is 324 g/mol. The Labute approximate surface area is 140 Å². The Balaban J connectivity index is 1.46. The van der Waals surface area contributed by atoms with Crippen LogP contribution in [0.1, 0.15) is 53.3 Å². The van der Waals surface area contributed by atoms with E-state index in [0.29, 0.717) is 28.7 Å². The summed E-state index contributed by atoms with van der Waals surface area (Å²) in [4.78, 5) is 37.1. The summed E-state index contributed by atoms with van der Waals surface area (Å²) in [6, 6.07) is 6.82. The minimum atomic E-state index is -0.899. The molecule has 1 aromatic carbocycles. The van der Waals surface area contributed by atoms with Crippen molar-refractivity contribution in [3.8, 4) is 0 Å². The van der Waals surface area contributed by atoms with Gasteiger partial charge in [0.1, 0.15) is 5.92 Å². The Hall–Kier alpha value is -2.30. The van der Waals surface area contributed by atoms with Gasteiger partial charge >= 0.3 is 0 Å². The number of benzene rings is 1. The molecule has 2 saturated carbocycles. The zero-order chi connectivity index (χ0) is 16.8. The summed E-state index contributed by atoms with van der Waals surface area (Å²) in [6.07, 6.45) is 4.66. The largest absolute Gasteiger partial charge is 0.293 e. The molecule has 2 atom stereocenters. The topological polar surface area (TPSA) is 75.6 Å². The fourth-order valence-corrected chi connectivity index (χ4v) is 4.39. The first-order chi connectivity index (χ1) is 11.6. The highest BCUT2D eigenvalue weighted by atomic mass is 16.2. The predicted octanol–water partition coefficient (Wildman–Crippen LogP) is 2.61. The molecule has 0 saturated heterocycles. The molecule has 4 rings (SSSR count). The second-order valence-corrected chi connectivity index (χ2v) is 7.07. The van der Waals surface area contributed by atoms with E-state index in [0.717, 1.165) is 12.8 Å². The summed E-state index contributed by atoms with van der Waals surface area (Å²) in [5.74, 6) is -0.346. The number of hydrazone groups is 1. The maximum absolute atomic E-state index is 12.4. The molecule has 0 spiro atoms. The molecule has 1 amide bonds. The quantitative estimate of drug-likeness (QED) is 0.527. The molecule has 0 bridgehead atoms. The highest BCUT2D eigenvalue weighted by Crippen LogP contribution is 2.55. The Kier molecular flexibility index (Phi) is 3.59. The molecule has 0 aliphatic heterocycles. The van der Waals surface area contributed by atoms with Gasteiger partial charge in [-0.05, 0) is 31.6 Å². The summed E-state index contributed by atoms with van der Waals surface area (Å²) in [6.45, 7) is 1.63. The molecule has 3 aliphatic carbocycles. The monoisotopic (exact) mass is 324 g/mol. The van der Waals surface area contributed by atoms with Crippen LogP contribution in [0.2, 0.25) is 0 Å². The lowest BCUT2D eigenvalue weighted by Crippen LogP contribution is -2.28. The van der Waals surface area contributed by atoms with Gasteiger partial charge in [-0.3, -0.25) is 14.4 Å². The van der Waals surface area contributed by atoms with E-state index in [2.05, 4.69) is 10.5 Å². The van der Waals surface area contributed by atoms with E-state index in [1.54, 1.807) is 31.2 Å². The van der Waals surface area contributed by atoms with Gasteiger partial charge in [0.15, 0.2) is 11.6 Å². The Morgan fingerprint density at radius 1 is 1.04 bits per heavy atom. The number of amides is 1. The van der Waals surface area contributed by atoms with Crippen LogP contribution in [-0.2, 0) is 4.79 Å². The minimum Gasteiger partial charge on any atom is -0.293 e. The maximum atomic E-state index is 12.4. The van der Waals surface area contributed by atoms with Crippen molar-refractivity contribution in [1.29, 1.82) is 0 Å². The number of hydrogen-bond acceptors (Lipinski definition) is 4. The lowest BCUT2D eigenvalue weighted by atomic mass is 9.99. The van der Waals surface area contributed by atoms with Crippen molar-refractivity contribution in [3.05, 3.63) is 35.4 Å². The molecule has 1 aromatic rings. The fourth-order valence-electron chi connectivity index (χ4n) is 4.39. The van der Waals surface area contributed by atoms with Crippen LogP contribution >= 0.6 is 0 Å². The number of rotatable bonds is 3. The molecule has 5 nitrogen and oxygen atoms in total. The second kappa shape index (κ2) is 5.65. The fraction of sp³-hybridized carbons (Fsp3) is 0.474. The number of nitrogens with one attached hydrogen (secondary N) is 1. The lowest BCUT2D eigenvalue weighted by Gasteiger charge is -2.07. The Morgan fingerprint density at radius 2 is 1.58 bits per heavy atom. The van der Waals surface area contributed by atoms with Crippen LogP contribution in [0.5, 0.6) is 0 Å². The standard InChI is InChI=1S/C19H20N2O3/c1-10(15-17(22)13-8-4-5-9-14(13)18(15)23)20-21-19(24)16-11-6-2-3-7-12(11)16/h4-5,8-9,11-12,15-16H,2-3,6-7H2,1H3,(H,21,24)/b20-10-. The Morgan fingerprint density at radius 3 is 2.12 bits per heavy atom. The number of ketones is 2. The van der Waals surface area contributed by atoms with Crippen molar-refractivity contribution < 1.29 is 14.4 Å². The van der Waals surface area contributed by atoms with Gasteiger partial charge in [0.05, 0.1) is 5.71 Å². The third-order valence-electron chi connectivity index (χ3n) is 5.70. The zero-order valence-corrected chi connectivity index (χ0v) is 13.6. The number of fused-ring (bicyclic) bond motifs is 2. The van der Waals surface area contributed by atoms with Gasteiger partial charge in [0.2, 0.25) is 5.91 Å². The van der Waals surface area contributed by atoms with Crippen LogP contribution in [-0.4, -0.2) is 23.2 Å². The first kappa shape index (κ1) is 15.2. The van der Waals surface area contributed by atoms with Gasteiger partial charge in [-0.25, -0.2) is 5.43 Å². The molecule has 1 N–H and O–H groups in total. The molecule has 2 unspecified atom stereocenters. The summed E-state index contributed by atoms with van der Waals surface area (Å²) < 4.78 is 0. The van der Waals surface area contributed by atoms with Crippen molar-refractivity contribution in [3.63, 3.8) is 0 Å².